The molecule has 1 amide bonds. The van der Waals surface area contributed by atoms with Crippen molar-refractivity contribution in [2.24, 2.45) is 15.5 Å². The van der Waals surface area contributed by atoms with Gasteiger partial charge in [0, 0.05) is 13.2 Å². The lowest BCUT2D eigenvalue weighted by molar-refractivity contribution is -0.114. The van der Waals surface area contributed by atoms with Crippen molar-refractivity contribution in [1.82, 2.24) is 10.3 Å². The Balaban J connectivity index is 3.10. The molecule has 1 rings (SSSR count). The summed E-state index contributed by atoms with van der Waals surface area (Å²) in [6.45, 7) is 5.73. The first-order valence-electron chi connectivity index (χ1n) is 7.22. The number of amides is 1. The van der Waals surface area contributed by atoms with Crippen LogP contribution in [-0.4, -0.2) is 48.8 Å². The van der Waals surface area contributed by atoms with Gasteiger partial charge in [-0.3, -0.25) is 4.79 Å². The minimum atomic E-state index is -0.440. The molecule has 9 nitrogen and oxygen atoms in total. The number of nitrogens with zero attached hydrogens (tertiary/aromatic N) is 4. The number of pyridine rings is 1. The van der Waals surface area contributed by atoms with Crippen LogP contribution in [0.25, 0.3) is 0 Å². The average Bonchev–Trinajstić information content (AvgIpc) is 2.61. The van der Waals surface area contributed by atoms with Gasteiger partial charge in [0.1, 0.15) is 25.1 Å². The van der Waals surface area contributed by atoms with E-state index in [-0.39, 0.29) is 11.6 Å². The fourth-order valence-electron chi connectivity index (χ4n) is 1.47. The summed E-state index contributed by atoms with van der Waals surface area (Å²) in [6, 6.07) is 3.27. The molecule has 1 aromatic heterocycles. The zero-order chi connectivity index (χ0) is 17.9. The van der Waals surface area contributed by atoms with E-state index in [1.165, 1.54) is 20.4 Å². The summed E-state index contributed by atoms with van der Waals surface area (Å²) in [5.41, 5.74) is 1.43. The van der Waals surface area contributed by atoms with Gasteiger partial charge < -0.3 is 19.8 Å². The summed E-state index contributed by atoms with van der Waals surface area (Å²) < 4.78 is 0. The predicted octanol–water partition coefficient (Wildman–Crippen LogP) is 1.35. The Hall–Kier alpha value is -2.97. The van der Waals surface area contributed by atoms with Crippen LogP contribution in [0.15, 0.2) is 33.8 Å². The van der Waals surface area contributed by atoms with Crippen LogP contribution in [0.5, 0.6) is 5.88 Å². The first kappa shape index (κ1) is 19.1. The number of aromatic nitrogens is 1. The molecular weight excluding hydrogens is 314 g/mol. The fourth-order valence-corrected chi connectivity index (χ4v) is 1.47. The van der Waals surface area contributed by atoms with Crippen LogP contribution >= 0.6 is 0 Å². The quantitative estimate of drug-likeness (QED) is 0.570. The van der Waals surface area contributed by atoms with Gasteiger partial charge in [-0.2, -0.15) is 0 Å². The molecule has 1 heterocycles. The Kier molecular flexibility index (Phi) is 7.89. The summed E-state index contributed by atoms with van der Waals surface area (Å²) in [4.78, 5) is 31.0. The lowest BCUT2D eigenvalue weighted by atomic mass is 10.1. The largest absolute Gasteiger partial charge is 0.398 e. The first-order chi connectivity index (χ1) is 11.5. The molecule has 24 heavy (non-hydrogen) atoms. The Morgan fingerprint density at radius 2 is 1.96 bits per heavy atom. The van der Waals surface area contributed by atoms with E-state index in [4.69, 9.17) is 14.5 Å². The molecule has 0 atom stereocenters. The molecule has 0 bridgehead atoms. The Morgan fingerprint density at radius 1 is 1.25 bits per heavy atom. The van der Waals surface area contributed by atoms with Crippen LogP contribution in [-0.2, 0) is 14.5 Å². The van der Waals surface area contributed by atoms with Crippen LogP contribution in [0.3, 0.4) is 0 Å². The molecule has 0 unspecified atom stereocenters. The number of hydrogen-bond donors (Lipinski definition) is 1. The minimum absolute atomic E-state index is 0.0238. The molecule has 0 spiro atoms. The average molecular weight is 335 g/mol. The van der Waals surface area contributed by atoms with E-state index in [1.807, 2.05) is 6.92 Å². The maximum absolute atomic E-state index is 11.9. The molecule has 1 N–H and O–H groups in total. The number of hydrogen-bond acceptors (Lipinski definition) is 8. The van der Waals surface area contributed by atoms with Crippen molar-refractivity contribution in [2.45, 2.75) is 20.8 Å². The smallest absolute Gasteiger partial charge is 0.273 e. The SMILES string of the molecule is CCON=C(C)C(C)=NOc1ncccc1C(=NOC)C(=O)NC. The van der Waals surface area contributed by atoms with E-state index in [9.17, 15) is 4.79 Å². The monoisotopic (exact) mass is 335 g/mol. The number of rotatable bonds is 8. The standard InChI is InChI=1S/C15H21N5O4/c1-6-23-18-10(2)11(3)19-24-15-12(8-7-9-17-15)13(20-22-5)14(21)16-4/h7-9H,6H2,1-5H3,(H,16,21). The number of oxime groups is 3. The lowest BCUT2D eigenvalue weighted by Crippen LogP contribution is -2.29. The molecule has 9 heteroatoms. The summed E-state index contributed by atoms with van der Waals surface area (Å²) >= 11 is 0. The Morgan fingerprint density at radius 3 is 2.58 bits per heavy atom. The van der Waals surface area contributed by atoms with Gasteiger partial charge in [-0.25, -0.2) is 4.98 Å². The van der Waals surface area contributed by atoms with Crippen LogP contribution in [0.2, 0.25) is 0 Å². The van der Waals surface area contributed by atoms with Gasteiger partial charge in [0.05, 0.1) is 5.56 Å². The molecular formula is C15H21N5O4. The van der Waals surface area contributed by atoms with E-state index in [1.54, 1.807) is 26.0 Å². The number of carbonyl (C=O) groups is 1. The Labute approximate surface area is 140 Å². The second-order valence-corrected chi connectivity index (χ2v) is 4.42. The molecule has 0 aliphatic carbocycles. The molecule has 0 aliphatic rings. The van der Waals surface area contributed by atoms with Gasteiger partial charge in [-0.05, 0) is 32.9 Å². The maximum atomic E-state index is 11.9. The van der Waals surface area contributed by atoms with Crippen molar-refractivity contribution < 1.29 is 19.3 Å². The molecule has 0 aliphatic heterocycles. The predicted molar refractivity (Wildman–Crippen MR) is 90.3 cm³/mol. The third kappa shape index (κ3) is 5.34. The normalized spacial score (nSPS) is 12.6. The zero-order valence-electron chi connectivity index (χ0n) is 14.4. The lowest BCUT2D eigenvalue weighted by Gasteiger charge is -2.08. The first-order valence-corrected chi connectivity index (χ1v) is 7.22. The van der Waals surface area contributed by atoms with Gasteiger partial charge in [0.15, 0.2) is 5.71 Å². The topological polar surface area (TPSA) is 107 Å². The molecule has 130 valence electrons. The van der Waals surface area contributed by atoms with Gasteiger partial charge in [0.25, 0.3) is 11.8 Å². The van der Waals surface area contributed by atoms with Crippen LogP contribution < -0.4 is 10.2 Å². The molecule has 1 aromatic rings. The number of nitrogens with one attached hydrogen (secondary N) is 1. The summed E-state index contributed by atoms with van der Waals surface area (Å²) in [7, 11) is 2.83. The van der Waals surface area contributed by atoms with E-state index < -0.39 is 5.91 Å². The second-order valence-electron chi connectivity index (χ2n) is 4.42. The number of likely N-dealkylation sites (N-methyl/N-ethyl adjacent to an activating group) is 1. The minimum Gasteiger partial charge on any atom is -0.398 e. The third-order valence-corrected chi connectivity index (χ3v) is 2.77. The van der Waals surface area contributed by atoms with Gasteiger partial charge in [0.2, 0.25) is 0 Å². The highest BCUT2D eigenvalue weighted by molar-refractivity contribution is 6.45. The van der Waals surface area contributed by atoms with Crippen LogP contribution in [0.4, 0.5) is 0 Å². The highest BCUT2D eigenvalue weighted by Gasteiger charge is 2.19. The summed E-state index contributed by atoms with van der Waals surface area (Å²) in [5, 5.41) is 14.0. The van der Waals surface area contributed by atoms with Gasteiger partial charge >= 0.3 is 0 Å². The Bertz CT molecular complexity index is 655. The van der Waals surface area contributed by atoms with E-state index in [0.717, 1.165) is 0 Å². The highest BCUT2D eigenvalue weighted by Crippen LogP contribution is 2.16. The maximum Gasteiger partial charge on any atom is 0.273 e. The molecule has 0 saturated heterocycles. The van der Waals surface area contributed by atoms with Gasteiger partial charge in [-0.1, -0.05) is 15.5 Å². The van der Waals surface area contributed by atoms with Crippen molar-refractivity contribution in [2.75, 3.05) is 20.8 Å². The van der Waals surface area contributed by atoms with Gasteiger partial charge in [-0.15, -0.1) is 0 Å². The molecule has 0 fully saturated rings. The van der Waals surface area contributed by atoms with Crippen LogP contribution in [0, 0.1) is 0 Å². The van der Waals surface area contributed by atoms with E-state index in [0.29, 0.717) is 23.6 Å². The second kappa shape index (κ2) is 9.93. The third-order valence-electron chi connectivity index (χ3n) is 2.77. The van der Waals surface area contributed by atoms with Crippen molar-refractivity contribution in [3.8, 4) is 5.88 Å². The summed E-state index contributed by atoms with van der Waals surface area (Å²) in [6.07, 6.45) is 1.51. The van der Waals surface area contributed by atoms with E-state index >= 15 is 0 Å². The highest BCUT2D eigenvalue weighted by atomic mass is 16.6. The summed E-state index contributed by atoms with van der Waals surface area (Å²) in [5.74, 6) is -0.329. The van der Waals surface area contributed by atoms with Crippen LogP contribution in [0.1, 0.15) is 26.3 Å². The molecule has 0 radical (unpaired) electrons. The van der Waals surface area contributed by atoms with E-state index in [2.05, 4.69) is 25.8 Å². The van der Waals surface area contributed by atoms with Crippen molar-refractivity contribution >= 4 is 23.0 Å². The van der Waals surface area contributed by atoms with Crippen molar-refractivity contribution in [3.05, 3.63) is 23.9 Å². The fraction of sp³-hybridized carbons (Fsp3) is 0.400. The van der Waals surface area contributed by atoms with Crippen molar-refractivity contribution in [3.63, 3.8) is 0 Å². The molecule has 0 saturated carbocycles. The molecule has 0 aromatic carbocycles. The number of carbonyl (C=O) groups excluding carboxylic acids is 1. The van der Waals surface area contributed by atoms with Crippen molar-refractivity contribution in [1.29, 1.82) is 0 Å². The zero-order valence-corrected chi connectivity index (χ0v) is 14.4.